The predicted molar refractivity (Wildman–Crippen MR) is 73.9 cm³/mol. The molecule has 0 aliphatic rings. The van der Waals surface area contributed by atoms with Gasteiger partial charge in [0.15, 0.2) is 5.75 Å². The molecule has 1 heterocycles. The van der Waals surface area contributed by atoms with Crippen LogP contribution in [0.15, 0.2) is 6.20 Å². The predicted octanol–water partition coefficient (Wildman–Crippen LogP) is 2.32. The molecule has 1 unspecified atom stereocenters. The Balaban J connectivity index is 2.93. The van der Waals surface area contributed by atoms with Gasteiger partial charge >= 0.3 is 0 Å². The van der Waals surface area contributed by atoms with E-state index in [9.17, 15) is 0 Å². The summed E-state index contributed by atoms with van der Waals surface area (Å²) in [6.07, 6.45) is 5.04. The fraction of sp³-hybridized carbons (Fsp3) is 0.750. The maximum Gasteiger partial charge on any atom is 0.161 e. The van der Waals surface area contributed by atoms with Crippen molar-refractivity contribution in [2.75, 3.05) is 25.7 Å². The molecule has 0 bridgehead atoms. The summed E-state index contributed by atoms with van der Waals surface area (Å²) in [7, 11) is 1.71. The van der Waals surface area contributed by atoms with Crippen LogP contribution in [-0.4, -0.2) is 35.4 Å². The lowest BCUT2D eigenvalue weighted by atomic mass is 10.1. The molecule has 98 valence electrons. The topological polar surface area (TPSA) is 39.1 Å². The highest BCUT2D eigenvalue weighted by atomic mass is 32.2. The summed E-state index contributed by atoms with van der Waals surface area (Å²) in [5.74, 6) is 2.02. The molecule has 0 amide bonds. The van der Waals surface area contributed by atoms with Gasteiger partial charge in [0.05, 0.1) is 25.0 Å². The van der Waals surface area contributed by atoms with Crippen molar-refractivity contribution >= 4 is 11.8 Å². The van der Waals surface area contributed by atoms with Gasteiger partial charge in [0.2, 0.25) is 0 Å². The second-order valence-electron chi connectivity index (χ2n) is 3.81. The van der Waals surface area contributed by atoms with E-state index in [4.69, 9.17) is 4.74 Å². The summed E-state index contributed by atoms with van der Waals surface area (Å²) in [5.41, 5.74) is 1.17. The molecule has 4 nitrogen and oxygen atoms in total. The first-order valence-corrected chi connectivity index (χ1v) is 7.49. The third kappa shape index (κ3) is 3.64. The van der Waals surface area contributed by atoms with Gasteiger partial charge in [0, 0.05) is 6.54 Å². The first-order chi connectivity index (χ1) is 8.28. The number of rotatable bonds is 8. The van der Waals surface area contributed by atoms with E-state index in [-0.39, 0.29) is 0 Å². The van der Waals surface area contributed by atoms with Crippen LogP contribution >= 0.6 is 11.8 Å². The Hall–Kier alpha value is -0.680. The molecule has 1 atom stereocenters. The van der Waals surface area contributed by atoms with Crippen LogP contribution in [0.5, 0.6) is 5.75 Å². The number of nitrogens with zero attached hydrogens (tertiary/aromatic N) is 2. The summed E-state index contributed by atoms with van der Waals surface area (Å²) in [6.45, 7) is 6.07. The van der Waals surface area contributed by atoms with E-state index in [1.165, 1.54) is 5.69 Å². The normalized spacial score (nSPS) is 12.7. The molecule has 0 saturated heterocycles. The minimum absolute atomic E-state index is 0.324. The number of nitrogens with one attached hydrogen (secondary N) is 1. The summed E-state index contributed by atoms with van der Waals surface area (Å²) in [4.78, 5) is 0. The van der Waals surface area contributed by atoms with E-state index in [2.05, 4.69) is 30.5 Å². The lowest BCUT2D eigenvalue weighted by Gasteiger charge is -2.19. The van der Waals surface area contributed by atoms with Gasteiger partial charge in [-0.05, 0) is 31.9 Å². The average molecular weight is 257 g/mol. The Morgan fingerprint density at radius 2 is 2.29 bits per heavy atom. The van der Waals surface area contributed by atoms with Gasteiger partial charge in [-0.1, -0.05) is 6.92 Å². The molecule has 0 aromatic carbocycles. The second kappa shape index (κ2) is 7.61. The molecule has 1 aromatic rings. The molecule has 0 aliphatic carbocycles. The average Bonchev–Trinajstić information content (AvgIpc) is 2.77. The number of ether oxygens (including phenoxy) is 1. The summed E-state index contributed by atoms with van der Waals surface area (Å²) in [6, 6.07) is 0.324. The van der Waals surface area contributed by atoms with Gasteiger partial charge in [-0.25, -0.2) is 0 Å². The highest BCUT2D eigenvalue weighted by Gasteiger charge is 2.20. The van der Waals surface area contributed by atoms with Gasteiger partial charge in [-0.2, -0.15) is 16.9 Å². The summed E-state index contributed by atoms with van der Waals surface area (Å²) >= 11 is 1.87. The zero-order chi connectivity index (χ0) is 12.7. The smallest absolute Gasteiger partial charge is 0.161 e. The van der Waals surface area contributed by atoms with Crippen molar-refractivity contribution in [2.45, 2.75) is 32.9 Å². The number of methoxy groups -OCH3 is 1. The molecular weight excluding hydrogens is 234 g/mol. The Morgan fingerprint density at radius 3 is 2.82 bits per heavy atom. The van der Waals surface area contributed by atoms with Crippen LogP contribution in [0.2, 0.25) is 0 Å². The number of aromatic nitrogens is 2. The van der Waals surface area contributed by atoms with Crippen molar-refractivity contribution in [1.82, 2.24) is 15.1 Å². The summed E-state index contributed by atoms with van der Waals surface area (Å²) < 4.78 is 7.43. The van der Waals surface area contributed by atoms with Crippen molar-refractivity contribution < 1.29 is 4.74 Å². The van der Waals surface area contributed by atoms with Crippen LogP contribution in [0.1, 0.15) is 32.0 Å². The zero-order valence-electron chi connectivity index (χ0n) is 11.2. The van der Waals surface area contributed by atoms with Crippen molar-refractivity contribution in [1.29, 1.82) is 0 Å². The van der Waals surface area contributed by atoms with E-state index < -0.39 is 0 Å². The van der Waals surface area contributed by atoms with Crippen LogP contribution < -0.4 is 10.1 Å². The maximum absolute atomic E-state index is 5.40. The minimum atomic E-state index is 0.324. The largest absolute Gasteiger partial charge is 0.493 e. The van der Waals surface area contributed by atoms with Gasteiger partial charge in [-0.3, -0.25) is 4.68 Å². The van der Waals surface area contributed by atoms with E-state index in [1.807, 2.05) is 22.6 Å². The molecule has 1 rings (SSSR count). The van der Waals surface area contributed by atoms with Crippen molar-refractivity contribution in [3.8, 4) is 5.75 Å². The second-order valence-corrected chi connectivity index (χ2v) is 4.79. The van der Waals surface area contributed by atoms with E-state index in [1.54, 1.807) is 7.11 Å². The number of aryl methyl sites for hydroxylation is 1. The Morgan fingerprint density at radius 1 is 1.53 bits per heavy atom. The molecular formula is C12H23N3OS. The quantitative estimate of drug-likeness (QED) is 0.776. The number of thioether (sulfide) groups is 1. The molecule has 0 fully saturated rings. The fourth-order valence-electron chi connectivity index (χ4n) is 1.96. The van der Waals surface area contributed by atoms with E-state index >= 15 is 0 Å². The first kappa shape index (κ1) is 14.4. The molecule has 1 aromatic heterocycles. The highest BCUT2D eigenvalue weighted by Crippen LogP contribution is 2.27. The van der Waals surface area contributed by atoms with E-state index in [0.29, 0.717) is 6.04 Å². The monoisotopic (exact) mass is 257 g/mol. The Labute approximate surface area is 108 Å². The molecule has 0 aliphatic heterocycles. The van der Waals surface area contributed by atoms with Crippen LogP contribution in [0.3, 0.4) is 0 Å². The lowest BCUT2D eigenvalue weighted by molar-refractivity contribution is 0.390. The molecule has 0 spiro atoms. The van der Waals surface area contributed by atoms with Gasteiger partial charge < -0.3 is 10.1 Å². The van der Waals surface area contributed by atoms with Gasteiger partial charge in [0.25, 0.3) is 0 Å². The van der Waals surface area contributed by atoms with E-state index in [0.717, 1.165) is 31.0 Å². The highest BCUT2D eigenvalue weighted by molar-refractivity contribution is 7.98. The van der Waals surface area contributed by atoms with Crippen molar-refractivity contribution in [3.05, 3.63) is 11.9 Å². The van der Waals surface area contributed by atoms with Crippen LogP contribution in [-0.2, 0) is 6.54 Å². The molecule has 1 N–H and O–H groups in total. The SMILES string of the molecule is CCNC(CCSC)c1c(OC)cnn1CC. The van der Waals surface area contributed by atoms with Gasteiger partial charge in [-0.15, -0.1) is 0 Å². The number of hydrogen-bond acceptors (Lipinski definition) is 4. The van der Waals surface area contributed by atoms with Crippen molar-refractivity contribution in [2.24, 2.45) is 0 Å². The summed E-state index contributed by atoms with van der Waals surface area (Å²) in [5, 5.41) is 7.88. The Kier molecular flexibility index (Phi) is 6.44. The fourth-order valence-corrected chi connectivity index (χ4v) is 2.43. The Bertz CT molecular complexity index is 306. The first-order valence-electron chi connectivity index (χ1n) is 6.10. The lowest BCUT2D eigenvalue weighted by Crippen LogP contribution is -2.25. The molecule has 0 radical (unpaired) electrons. The molecule has 17 heavy (non-hydrogen) atoms. The van der Waals surface area contributed by atoms with Crippen LogP contribution in [0.4, 0.5) is 0 Å². The van der Waals surface area contributed by atoms with Crippen LogP contribution in [0.25, 0.3) is 0 Å². The van der Waals surface area contributed by atoms with Gasteiger partial charge in [0.1, 0.15) is 0 Å². The molecule has 0 saturated carbocycles. The number of hydrogen-bond donors (Lipinski definition) is 1. The zero-order valence-corrected chi connectivity index (χ0v) is 12.0. The minimum Gasteiger partial charge on any atom is -0.493 e. The van der Waals surface area contributed by atoms with Crippen LogP contribution in [0, 0.1) is 0 Å². The molecule has 5 heteroatoms. The standard InChI is InChI=1S/C12H23N3OS/c1-5-13-10(7-8-17-4)12-11(16-3)9-14-15(12)6-2/h9-10,13H,5-8H2,1-4H3. The third-order valence-corrected chi connectivity index (χ3v) is 3.40. The third-order valence-electron chi connectivity index (χ3n) is 2.76. The van der Waals surface area contributed by atoms with Crippen molar-refractivity contribution in [3.63, 3.8) is 0 Å². The maximum atomic E-state index is 5.40.